The third-order valence-electron chi connectivity index (χ3n) is 3.81. The van der Waals surface area contributed by atoms with Gasteiger partial charge >= 0.3 is 0 Å². The molecule has 2 unspecified atom stereocenters. The molecule has 1 heterocycles. The zero-order chi connectivity index (χ0) is 15.1. The summed E-state index contributed by atoms with van der Waals surface area (Å²) in [6.07, 6.45) is 2.79. The Labute approximate surface area is 122 Å². The highest BCUT2D eigenvalue weighted by Gasteiger charge is 2.22. The highest BCUT2D eigenvalue weighted by Crippen LogP contribution is 2.24. The molecule has 2 N–H and O–H groups in total. The molecule has 0 saturated heterocycles. The highest BCUT2D eigenvalue weighted by atomic mass is 16.5. The van der Waals surface area contributed by atoms with Crippen LogP contribution in [0.1, 0.15) is 58.4 Å². The molecule has 20 heavy (non-hydrogen) atoms. The molecule has 0 bridgehead atoms. The van der Waals surface area contributed by atoms with Crippen LogP contribution < -0.4 is 5.73 Å². The van der Waals surface area contributed by atoms with Crippen LogP contribution in [0.25, 0.3) is 0 Å². The van der Waals surface area contributed by atoms with Crippen molar-refractivity contribution >= 4 is 0 Å². The Kier molecular flexibility index (Phi) is 7.16. The van der Waals surface area contributed by atoms with Gasteiger partial charge in [0, 0.05) is 13.5 Å². The van der Waals surface area contributed by atoms with Crippen LogP contribution in [0.4, 0.5) is 0 Å². The van der Waals surface area contributed by atoms with Gasteiger partial charge in [-0.15, -0.1) is 0 Å². The summed E-state index contributed by atoms with van der Waals surface area (Å²) in [7, 11) is 1.68. The molecule has 1 aromatic rings. The predicted molar refractivity (Wildman–Crippen MR) is 79.2 cm³/mol. The van der Waals surface area contributed by atoms with Crippen LogP contribution >= 0.6 is 0 Å². The molecular weight excluding hydrogens is 254 g/mol. The first kappa shape index (κ1) is 17.1. The monoisotopic (exact) mass is 283 g/mol. The third-order valence-corrected chi connectivity index (χ3v) is 3.81. The maximum Gasteiger partial charge on any atom is 0.226 e. The van der Waals surface area contributed by atoms with Crippen molar-refractivity contribution in [2.24, 2.45) is 23.5 Å². The standard InChI is InChI=1S/C15H29N3O2/c1-10(2)12(8-9-16)6-7-13-17-15(18-20-13)14(19-5)11(3)4/h10-12,14H,6-9,16H2,1-5H3. The van der Waals surface area contributed by atoms with Crippen LogP contribution in [0.3, 0.4) is 0 Å². The molecule has 5 heteroatoms. The van der Waals surface area contributed by atoms with E-state index in [0.29, 0.717) is 29.5 Å². The van der Waals surface area contributed by atoms with Gasteiger partial charge in [0.2, 0.25) is 11.7 Å². The van der Waals surface area contributed by atoms with Crippen molar-refractivity contribution in [3.63, 3.8) is 0 Å². The summed E-state index contributed by atoms with van der Waals surface area (Å²) in [6.45, 7) is 9.37. The number of hydrogen-bond acceptors (Lipinski definition) is 5. The van der Waals surface area contributed by atoms with Crippen molar-refractivity contribution in [2.75, 3.05) is 13.7 Å². The summed E-state index contributed by atoms with van der Waals surface area (Å²) in [5.74, 6) is 2.91. The van der Waals surface area contributed by atoms with Gasteiger partial charge in [0.15, 0.2) is 0 Å². The van der Waals surface area contributed by atoms with Gasteiger partial charge in [-0.05, 0) is 37.1 Å². The Balaban J connectivity index is 2.59. The fourth-order valence-electron chi connectivity index (χ4n) is 2.49. The van der Waals surface area contributed by atoms with Crippen LogP contribution in [0.5, 0.6) is 0 Å². The quantitative estimate of drug-likeness (QED) is 0.754. The second-order valence-electron chi connectivity index (χ2n) is 6.07. The summed E-state index contributed by atoms with van der Waals surface area (Å²) in [5, 5.41) is 4.04. The van der Waals surface area contributed by atoms with Gasteiger partial charge in [0.05, 0.1) is 0 Å². The van der Waals surface area contributed by atoms with E-state index in [2.05, 4.69) is 37.8 Å². The van der Waals surface area contributed by atoms with Crippen molar-refractivity contribution in [1.29, 1.82) is 0 Å². The van der Waals surface area contributed by atoms with Gasteiger partial charge in [0.1, 0.15) is 6.10 Å². The van der Waals surface area contributed by atoms with Gasteiger partial charge < -0.3 is 15.0 Å². The molecule has 5 nitrogen and oxygen atoms in total. The average Bonchev–Trinajstić information content (AvgIpc) is 2.83. The molecular formula is C15H29N3O2. The number of methoxy groups -OCH3 is 1. The summed E-state index contributed by atoms with van der Waals surface area (Å²) >= 11 is 0. The lowest BCUT2D eigenvalue weighted by Gasteiger charge is -2.18. The lowest BCUT2D eigenvalue weighted by molar-refractivity contribution is 0.0555. The van der Waals surface area contributed by atoms with Crippen molar-refractivity contribution in [3.05, 3.63) is 11.7 Å². The number of nitrogens with zero attached hydrogens (tertiary/aromatic N) is 2. The molecule has 0 aliphatic rings. The van der Waals surface area contributed by atoms with E-state index >= 15 is 0 Å². The Morgan fingerprint density at radius 3 is 2.35 bits per heavy atom. The predicted octanol–water partition coefficient (Wildman–Crippen LogP) is 2.97. The van der Waals surface area contributed by atoms with E-state index in [1.165, 1.54) is 0 Å². The average molecular weight is 283 g/mol. The van der Waals surface area contributed by atoms with Crippen LogP contribution in [-0.2, 0) is 11.2 Å². The molecule has 0 radical (unpaired) electrons. The van der Waals surface area contributed by atoms with Gasteiger partial charge in [-0.2, -0.15) is 4.98 Å². The summed E-state index contributed by atoms with van der Waals surface area (Å²) in [5.41, 5.74) is 5.66. The van der Waals surface area contributed by atoms with Crippen molar-refractivity contribution in [3.8, 4) is 0 Å². The number of nitrogens with two attached hydrogens (primary N) is 1. The maximum absolute atomic E-state index is 5.66. The summed E-state index contributed by atoms with van der Waals surface area (Å²) < 4.78 is 10.7. The summed E-state index contributed by atoms with van der Waals surface area (Å²) in [6, 6.07) is 0. The molecule has 0 spiro atoms. The normalized spacial score (nSPS) is 15.0. The minimum absolute atomic E-state index is 0.0996. The SMILES string of the molecule is COC(c1noc(CCC(CCN)C(C)C)n1)C(C)C. The first-order chi connectivity index (χ1) is 9.49. The number of aromatic nitrogens is 2. The van der Waals surface area contributed by atoms with Crippen molar-refractivity contribution in [1.82, 2.24) is 10.1 Å². The van der Waals surface area contributed by atoms with E-state index in [9.17, 15) is 0 Å². The number of rotatable bonds is 9. The minimum atomic E-state index is -0.0996. The molecule has 0 aliphatic carbocycles. The fourth-order valence-corrected chi connectivity index (χ4v) is 2.49. The molecule has 116 valence electrons. The van der Waals surface area contributed by atoms with Crippen LogP contribution in [0.15, 0.2) is 4.52 Å². The zero-order valence-electron chi connectivity index (χ0n) is 13.4. The first-order valence-corrected chi connectivity index (χ1v) is 7.54. The van der Waals surface area contributed by atoms with Gasteiger partial charge in [-0.1, -0.05) is 32.9 Å². The first-order valence-electron chi connectivity index (χ1n) is 7.54. The Morgan fingerprint density at radius 1 is 1.15 bits per heavy atom. The van der Waals surface area contributed by atoms with E-state index in [1.54, 1.807) is 7.11 Å². The number of aryl methyl sites for hydroxylation is 1. The second kappa shape index (κ2) is 8.37. The lowest BCUT2D eigenvalue weighted by atomic mass is 9.88. The van der Waals surface area contributed by atoms with Gasteiger partial charge in [-0.25, -0.2) is 0 Å². The molecule has 0 saturated carbocycles. The van der Waals surface area contributed by atoms with Gasteiger partial charge in [-0.3, -0.25) is 0 Å². The molecule has 2 atom stereocenters. The Morgan fingerprint density at radius 2 is 1.85 bits per heavy atom. The lowest BCUT2D eigenvalue weighted by Crippen LogP contribution is -2.15. The minimum Gasteiger partial charge on any atom is -0.373 e. The van der Waals surface area contributed by atoms with Crippen LogP contribution in [-0.4, -0.2) is 23.8 Å². The molecule has 1 rings (SSSR count). The fraction of sp³-hybridized carbons (Fsp3) is 0.867. The van der Waals surface area contributed by atoms with Crippen LogP contribution in [0, 0.1) is 17.8 Å². The van der Waals surface area contributed by atoms with E-state index in [4.69, 9.17) is 15.0 Å². The Hall–Kier alpha value is -0.940. The molecule has 0 aromatic carbocycles. The number of ether oxygens (including phenoxy) is 1. The largest absolute Gasteiger partial charge is 0.373 e. The topological polar surface area (TPSA) is 74.2 Å². The van der Waals surface area contributed by atoms with E-state index in [-0.39, 0.29) is 6.10 Å². The molecule has 0 fully saturated rings. The Bertz CT molecular complexity index is 377. The van der Waals surface area contributed by atoms with E-state index in [1.807, 2.05) is 0 Å². The van der Waals surface area contributed by atoms with Gasteiger partial charge in [0.25, 0.3) is 0 Å². The zero-order valence-corrected chi connectivity index (χ0v) is 13.4. The van der Waals surface area contributed by atoms with Crippen molar-refractivity contribution < 1.29 is 9.26 Å². The third kappa shape index (κ3) is 4.87. The maximum atomic E-state index is 5.66. The summed E-state index contributed by atoms with van der Waals surface area (Å²) in [4.78, 5) is 4.46. The number of hydrogen-bond donors (Lipinski definition) is 1. The molecule has 0 amide bonds. The van der Waals surface area contributed by atoms with E-state index in [0.717, 1.165) is 25.8 Å². The molecule has 0 aliphatic heterocycles. The van der Waals surface area contributed by atoms with Crippen molar-refractivity contribution in [2.45, 2.75) is 53.1 Å². The van der Waals surface area contributed by atoms with E-state index < -0.39 is 0 Å². The smallest absolute Gasteiger partial charge is 0.226 e. The molecule has 1 aromatic heterocycles. The highest BCUT2D eigenvalue weighted by molar-refractivity contribution is 4.93. The second-order valence-corrected chi connectivity index (χ2v) is 6.07. The van der Waals surface area contributed by atoms with Crippen LogP contribution in [0.2, 0.25) is 0 Å².